The van der Waals surface area contributed by atoms with Crippen LogP contribution in [0, 0.1) is 11.8 Å². The number of anilines is 1. The van der Waals surface area contributed by atoms with Crippen LogP contribution in [-0.2, 0) is 32.8 Å². The summed E-state index contributed by atoms with van der Waals surface area (Å²) in [6.45, 7) is 0.285. The van der Waals surface area contributed by atoms with Gasteiger partial charge in [0.1, 0.15) is 5.54 Å². The molecule has 0 bridgehead atoms. The molecule has 3 aliphatic heterocycles. The van der Waals surface area contributed by atoms with Crippen molar-refractivity contribution in [2.75, 3.05) is 11.9 Å². The van der Waals surface area contributed by atoms with Crippen LogP contribution in [0.4, 0.5) is 5.69 Å². The van der Waals surface area contributed by atoms with Crippen molar-refractivity contribution in [1.82, 2.24) is 10.2 Å². The summed E-state index contributed by atoms with van der Waals surface area (Å²) in [7, 11) is 0. The Kier molecular flexibility index (Phi) is 5.24. The molecule has 4 atom stereocenters. The van der Waals surface area contributed by atoms with E-state index in [4.69, 9.17) is 11.6 Å². The molecule has 2 fully saturated rings. The summed E-state index contributed by atoms with van der Waals surface area (Å²) in [6, 6.07) is 24.5. The molecule has 176 valence electrons. The minimum atomic E-state index is -1.33. The highest BCUT2D eigenvalue weighted by Gasteiger charge is 2.70. The zero-order chi connectivity index (χ0) is 24.2. The molecule has 0 radical (unpaired) electrons. The molecular formula is C28H24ClN3O3. The average Bonchev–Trinajstić information content (AvgIpc) is 3.45. The van der Waals surface area contributed by atoms with Gasteiger partial charge in [-0.1, -0.05) is 84.4 Å². The summed E-state index contributed by atoms with van der Waals surface area (Å²) in [5, 5.41) is 6.77. The fourth-order valence-corrected chi connectivity index (χ4v) is 6.22. The first-order valence-electron chi connectivity index (χ1n) is 11.8. The van der Waals surface area contributed by atoms with Gasteiger partial charge in [-0.25, -0.2) is 0 Å². The number of nitrogens with zero attached hydrogens (tertiary/aromatic N) is 1. The van der Waals surface area contributed by atoms with Gasteiger partial charge in [0.15, 0.2) is 0 Å². The van der Waals surface area contributed by atoms with Gasteiger partial charge in [0, 0.05) is 18.2 Å². The Bertz CT molecular complexity index is 1330. The number of imide groups is 1. The molecule has 6 rings (SSSR count). The monoisotopic (exact) mass is 485 g/mol. The maximum Gasteiger partial charge on any atom is 0.250 e. The minimum Gasteiger partial charge on any atom is -0.323 e. The second-order valence-electron chi connectivity index (χ2n) is 9.43. The van der Waals surface area contributed by atoms with Crippen LogP contribution < -0.4 is 10.6 Å². The van der Waals surface area contributed by atoms with E-state index in [-0.39, 0.29) is 30.3 Å². The SMILES string of the molecule is O=C1[C@H]2[C@@H](C(=O)N1CCc1ccccc1)[C@@]1(N[C@@H]2Cc2ccccc2)C(=O)Nc2c(Cl)cccc21. The standard InChI is InChI=1S/C28H24ClN3O3/c29-20-13-7-12-19-24(20)30-27(35)28(19)23-22(21(31-28)16-18-10-5-2-6-11-18)25(33)32(26(23)34)15-14-17-8-3-1-4-9-17/h1-13,21-23,31H,14-16H2,(H,30,35)/t21-,22-,23+,28-/m1/s1. The number of hydrogen-bond acceptors (Lipinski definition) is 4. The van der Waals surface area contributed by atoms with Crippen LogP contribution in [-0.4, -0.2) is 35.2 Å². The Morgan fingerprint density at radius 3 is 2.23 bits per heavy atom. The maximum absolute atomic E-state index is 13.9. The maximum atomic E-state index is 13.9. The first kappa shape index (κ1) is 22.0. The highest BCUT2D eigenvalue weighted by Crippen LogP contribution is 2.54. The fraction of sp³-hybridized carbons (Fsp3) is 0.250. The summed E-state index contributed by atoms with van der Waals surface area (Å²) >= 11 is 6.41. The average molecular weight is 486 g/mol. The van der Waals surface area contributed by atoms with E-state index in [1.54, 1.807) is 12.1 Å². The Hall–Kier alpha value is -3.48. The zero-order valence-electron chi connectivity index (χ0n) is 18.9. The molecule has 0 aromatic heterocycles. The van der Waals surface area contributed by atoms with Crippen LogP contribution in [0.25, 0.3) is 0 Å². The number of para-hydroxylation sites is 1. The van der Waals surface area contributed by atoms with Gasteiger partial charge in [-0.05, 0) is 30.0 Å². The lowest BCUT2D eigenvalue weighted by Gasteiger charge is -2.29. The van der Waals surface area contributed by atoms with Crippen molar-refractivity contribution in [3.8, 4) is 0 Å². The molecule has 2 N–H and O–H groups in total. The van der Waals surface area contributed by atoms with E-state index in [9.17, 15) is 14.4 Å². The lowest BCUT2D eigenvalue weighted by Crippen LogP contribution is -2.53. The lowest BCUT2D eigenvalue weighted by atomic mass is 9.76. The van der Waals surface area contributed by atoms with Gasteiger partial charge in [-0.15, -0.1) is 0 Å². The van der Waals surface area contributed by atoms with E-state index >= 15 is 0 Å². The molecule has 0 saturated carbocycles. The van der Waals surface area contributed by atoms with Crippen molar-refractivity contribution in [2.45, 2.75) is 24.4 Å². The molecule has 0 aliphatic carbocycles. The Morgan fingerprint density at radius 2 is 1.51 bits per heavy atom. The van der Waals surface area contributed by atoms with Crippen LogP contribution in [0.15, 0.2) is 78.9 Å². The summed E-state index contributed by atoms with van der Waals surface area (Å²) in [4.78, 5) is 42.6. The topological polar surface area (TPSA) is 78.5 Å². The normalized spacial score (nSPS) is 26.8. The fourth-order valence-electron chi connectivity index (χ4n) is 6.00. The number of amides is 3. The molecule has 3 amide bonds. The van der Waals surface area contributed by atoms with Gasteiger partial charge in [0.2, 0.25) is 17.7 Å². The first-order chi connectivity index (χ1) is 17.0. The third kappa shape index (κ3) is 3.32. The van der Waals surface area contributed by atoms with Crippen LogP contribution in [0.2, 0.25) is 5.02 Å². The van der Waals surface area contributed by atoms with Crippen molar-refractivity contribution in [1.29, 1.82) is 0 Å². The van der Waals surface area contributed by atoms with E-state index in [1.807, 2.05) is 66.7 Å². The van der Waals surface area contributed by atoms with E-state index < -0.39 is 17.4 Å². The van der Waals surface area contributed by atoms with E-state index in [0.29, 0.717) is 29.1 Å². The van der Waals surface area contributed by atoms with Crippen molar-refractivity contribution in [3.05, 3.63) is 101 Å². The quantitative estimate of drug-likeness (QED) is 0.542. The Balaban J connectivity index is 1.41. The number of likely N-dealkylation sites (tertiary alicyclic amines) is 1. The molecule has 2 saturated heterocycles. The number of hydrogen-bond donors (Lipinski definition) is 2. The van der Waals surface area contributed by atoms with Gasteiger partial charge >= 0.3 is 0 Å². The zero-order valence-corrected chi connectivity index (χ0v) is 19.7. The second-order valence-corrected chi connectivity index (χ2v) is 9.84. The third-order valence-corrected chi connectivity index (χ3v) is 7.87. The lowest BCUT2D eigenvalue weighted by molar-refractivity contribution is -0.142. The third-order valence-electron chi connectivity index (χ3n) is 7.56. The van der Waals surface area contributed by atoms with Crippen molar-refractivity contribution >= 4 is 35.0 Å². The van der Waals surface area contributed by atoms with Crippen LogP contribution in [0.1, 0.15) is 16.7 Å². The molecule has 35 heavy (non-hydrogen) atoms. The summed E-state index contributed by atoms with van der Waals surface area (Å²) in [5.41, 5.74) is 1.89. The highest BCUT2D eigenvalue weighted by molar-refractivity contribution is 6.35. The van der Waals surface area contributed by atoms with E-state index in [1.165, 1.54) is 4.90 Å². The largest absolute Gasteiger partial charge is 0.323 e. The number of benzene rings is 3. The first-order valence-corrected chi connectivity index (χ1v) is 12.2. The summed E-state index contributed by atoms with van der Waals surface area (Å²) in [6.07, 6.45) is 1.09. The van der Waals surface area contributed by atoms with Gasteiger partial charge in [-0.2, -0.15) is 0 Å². The molecule has 7 heteroatoms. The number of halogens is 1. The van der Waals surface area contributed by atoms with Crippen LogP contribution >= 0.6 is 11.6 Å². The molecule has 0 unspecified atom stereocenters. The van der Waals surface area contributed by atoms with Gasteiger partial charge in [-0.3, -0.25) is 24.6 Å². The van der Waals surface area contributed by atoms with Gasteiger partial charge in [0.25, 0.3) is 0 Å². The number of fused-ring (bicyclic) bond motifs is 4. The molecule has 3 aromatic carbocycles. The van der Waals surface area contributed by atoms with Crippen molar-refractivity contribution in [2.24, 2.45) is 11.8 Å². The van der Waals surface area contributed by atoms with Crippen molar-refractivity contribution in [3.63, 3.8) is 0 Å². The Morgan fingerprint density at radius 1 is 0.829 bits per heavy atom. The molecule has 3 aromatic rings. The predicted octanol–water partition coefficient (Wildman–Crippen LogP) is 3.55. The van der Waals surface area contributed by atoms with Crippen LogP contribution in [0.5, 0.6) is 0 Å². The molecule has 3 aliphatic rings. The number of carbonyl (C=O) groups is 3. The molecule has 1 spiro atoms. The summed E-state index contributed by atoms with van der Waals surface area (Å²) in [5.74, 6) is -2.34. The van der Waals surface area contributed by atoms with E-state index in [2.05, 4.69) is 10.6 Å². The minimum absolute atomic E-state index is 0.218. The van der Waals surface area contributed by atoms with Crippen molar-refractivity contribution < 1.29 is 14.4 Å². The van der Waals surface area contributed by atoms with Crippen LogP contribution in [0.3, 0.4) is 0 Å². The second kappa shape index (κ2) is 8.33. The Labute approximate surface area is 208 Å². The van der Waals surface area contributed by atoms with Gasteiger partial charge < -0.3 is 5.32 Å². The molecule has 3 heterocycles. The van der Waals surface area contributed by atoms with Gasteiger partial charge in [0.05, 0.1) is 22.5 Å². The molecular weight excluding hydrogens is 462 g/mol. The molecule has 6 nitrogen and oxygen atoms in total. The smallest absolute Gasteiger partial charge is 0.250 e. The summed E-state index contributed by atoms with van der Waals surface area (Å²) < 4.78 is 0. The number of nitrogens with one attached hydrogen (secondary N) is 2. The predicted molar refractivity (Wildman–Crippen MR) is 133 cm³/mol. The number of rotatable bonds is 5. The van der Waals surface area contributed by atoms with E-state index in [0.717, 1.165) is 11.1 Å². The highest BCUT2D eigenvalue weighted by atomic mass is 35.5. The number of carbonyl (C=O) groups excluding carboxylic acids is 3.